The third-order valence-corrected chi connectivity index (χ3v) is 4.73. The summed E-state index contributed by atoms with van der Waals surface area (Å²) in [6, 6.07) is 17.2. The number of benzene rings is 2. The van der Waals surface area contributed by atoms with Gasteiger partial charge in [0, 0.05) is 17.4 Å². The fourth-order valence-corrected chi connectivity index (χ4v) is 3.25. The summed E-state index contributed by atoms with van der Waals surface area (Å²) in [4.78, 5) is 29.4. The first-order valence-electron chi connectivity index (χ1n) is 7.76. The number of aromatic amines is 1. The van der Waals surface area contributed by atoms with Crippen LogP contribution in [-0.2, 0) is 16.1 Å². The Hall–Kier alpha value is -2.60. The number of para-hydroxylation sites is 1. The maximum absolute atomic E-state index is 13.0. The minimum atomic E-state index is -0.462. The van der Waals surface area contributed by atoms with Crippen LogP contribution in [0.5, 0.6) is 0 Å². The number of rotatable bonds is 5. The molecular formula is C19H17BrN2O3. The Morgan fingerprint density at radius 1 is 1.08 bits per heavy atom. The zero-order valence-electron chi connectivity index (χ0n) is 13.7. The lowest BCUT2D eigenvalue weighted by molar-refractivity contribution is -0.141. The second-order valence-corrected chi connectivity index (χ2v) is 6.38. The molecule has 0 bridgehead atoms. The van der Waals surface area contributed by atoms with Crippen molar-refractivity contribution in [2.45, 2.75) is 6.54 Å². The van der Waals surface area contributed by atoms with E-state index in [1.54, 1.807) is 0 Å². The molecule has 3 rings (SSSR count). The lowest BCUT2D eigenvalue weighted by Gasteiger charge is -2.21. The highest BCUT2D eigenvalue weighted by Gasteiger charge is 2.24. The first-order chi connectivity index (χ1) is 12.1. The number of aromatic nitrogens is 1. The molecule has 0 radical (unpaired) electrons. The Labute approximate surface area is 153 Å². The largest absolute Gasteiger partial charge is 0.468 e. The molecule has 0 aliphatic carbocycles. The van der Waals surface area contributed by atoms with Crippen molar-refractivity contribution in [3.63, 3.8) is 0 Å². The minimum Gasteiger partial charge on any atom is -0.468 e. The Morgan fingerprint density at radius 2 is 1.76 bits per heavy atom. The van der Waals surface area contributed by atoms with Gasteiger partial charge in [-0.1, -0.05) is 48.5 Å². The Balaban J connectivity index is 1.94. The van der Waals surface area contributed by atoms with Crippen LogP contribution in [0.3, 0.4) is 0 Å². The van der Waals surface area contributed by atoms with Crippen molar-refractivity contribution in [3.05, 3.63) is 70.3 Å². The topological polar surface area (TPSA) is 62.4 Å². The summed E-state index contributed by atoms with van der Waals surface area (Å²) >= 11 is 3.49. The van der Waals surface area contributed by atoms with Crippen molar-refractivity contribution in [1.82, 2.24) is 9.88 Å². The summed E-state index contributed by atoms with van der Waals surface area (Å²) in [5.74, 6) is -0.728. The van der Waals surface area contributed by atoms with E-state index < -0.39 is 5.97 Å². The number of esters is 1. The SMILES string of the molecule is COC(=O)CN(Cc1ccccc1)C(=O)c1[nH]c2ccccc2c1Br. The van der Waals surface area contributed by atoms with E-state index >= 15 is 0 Å². The number of hydrogen-bond acceptors (Lipinski definition) is 3. The summed E-state index contributed by atoms with van der Waals surface area (Å²) in [6.07, 6.45) is 0. The summed E-state index contributed by atoms with van der Waals surface area (Å²) < 4.78 is 5.43. The van der Waals surface area contributed by atoms with E-state index in [0.717, 1.165) is 16.5 Å². The van der Waals surface area contributed by atoms with E-state index in [1.165, 1.54) is 12.0 Å². The van der Waals surface area contributed by atoms with Gasteiger partial charge in [-0.2, -0.15) is 0 Å². The van der Waals surface area contributed by atoms with Gasteiger partial charge in [-0.05, 0) is 27.6 Å². The monoisotopic (exact) mass is 400 g/mol. The average Bonchev–Trinajstić information content (AvgIpc) is 2.98. The summed E-state index contributed by atoms with van der Waals surface area (Å²) in [6.45, 7) is 0.197. The van der Waals surface area contributed by atoms with Gasteiger partial charge in [0.2, 0.25) is 0 Å². The van der Waals surface area contributed by atoms with E-state index in [1.807, 2.05) is 54.6 Å². The molecule has 128 valence electrons. The number of H-pyrrole nitrogens is 1. The number of carbonyl (C=O) groups excluding carboxylic acids is 2. The number of carbonyl (C=O) groups is 2. The highest BCUT2D eigenvalue weighted by atomic mass is 79.9. The predicted molar refractivity (Wildman–Crippen MR) is 99.2 cm³/mol. The Kier molecular flexibility index (Phi) is 5.19. The van der Waals surface area contributed by atoms with Crippen LogP contribution in [0.25, 0.3) is 10.9 Å². The van der Waals surface area contributed by atoms with Crippen LogP contribution in [0.4, 0.5) is 0 Å². The molecule has 6 heteroatoms. The molecule has 0 aliphatic rings. The average molecular weight is 401 g/mol. The molecule has 0 saturated heterocycles. The summed E-state index contributed by atoms with van der Waals surface area (Å²) in [5, 5.41) is 0.920. The van der Waals surface area contributed by atoms with Crippen LogP contribution in [0.15, 0.2) is 59.1 Å². The fourth-order valence-electron chi connectivity index (χ4n) is 2.64. The van der Waals surface area contributed by atoms with Crippen molar-refractivity contribution in [1.29, 1.82) is 0 Å². The van der Waals surface area contributed by atoms with Crippen molar-refractivity contribution in [3.8, 4) is 0 Å². The molecular weight excluding hydrogens is 384 g/mol. The zero-order chi connectivity index (χ0) is 17.8. The predicted octanol–water partition coefficient (Wildman–Crippen LogP) is 3.75. The van der Waals surface area contributed by atoms with E-state index in [2.05, 4.69) is 20.9 Å². The zero-order valence-corrected chi connectivity index (χ0v) is 15.2. The highest BCUT2D eigenvalue weighted by molar-refractivity contribution is 9.10. The molecule has 3 aromatic rings. The lowest BCUT2D eigenvalue weighted by Crippen LogP contribution is -2.36. The van der Waals surface area contributed by atoms with Crippen LogP contribution in [0.1, 0.15) is 16.1 Å². The van der Waals surface area contributed by atoms with Crippen LogP contribution >= 0.6 is 15.9 Å². The first-order valence-corrected chi connectivity index (χ1v) is 8.55. The smallest absolute Gasteiger partial charge is 0.325 e. The number of ether oxygens (including phenoxy) is 1. The van der Waals surface area contributed by atoms with Crippen molar-refractivity contribution < 1.29 is 14.3 Å². The van der Waals surface area contributed by atoms with Crippen LogP contribution in [0.2, 0.25) is 0 Å². The van der Waals surface area contributed by atoms with Gasteiger partial charge in [0.25, 0.3) is 5.91 Å². The molecule has 1 heterocycles. The molecule has 0 unspecified atom stereocenters. The third kappa shape index (κ3) is 3.74. The van der Waals surface area contributed by atoms with Crippen LogP contribution < -0.4 is 0 Å². The molecule has 0 spiro atoms. The quantitative estimate of drug-likeness (QED) is 0.663. The summed E-state index contributed by atoms with van der Waals surface area (Å²) in [5.41, 5.74) is 2.21. The number of nitrogens with one attached hydrogen (secondary N) is 1. The second kappa shape index (κ2) is 7.53. The molecule has 0 fully saturated rings. The number of hydrogen-bond donors (Lipinski definition) is 1. The maximum atomic E-state index is 13.0. The minimum absolute atomic E-state index is 0.119. The molecule has 5 nitrogen and oxygen atoms in total. The number of amides is 1. The van der Waals surface area contributed by atoms with Crippen molar-refractivity contribution in [2.24, 2.45) is 0 Å². The standard InChI is InChI=1S/C19H17BrN2O3/c1-25-16(23)12-22(11-13-7-3-2-4-8-13)19(24)18-17(20)14-9-5-6-10-15(14)21-18/h2-10,21H,11-12H2,1H3. The maximum Gasteiger partial charge on any atom is 0.325 e. The van der Waals surface area contributed by atoms with Gasteiger partial charge < -0.3 is 14.6 Å². The van der Waals surface area contributed by atoms with E-state index in [-0.39, 0.29) is 12.5 Å². The Morgan fingerprint density at radius 3 is 2.44 bits per heavy atom. The molecule has 0 aliphatic heterocycles. The molecule has 0 atom stereocenters. The van der Waals surface area contributed by atoms with E-state index in [0.29, 0.717) is 16.7 Å². The fraction of sp³-hybridized carbons (Fsp3) is 0.158. The molecule has 0 saturated carbocycles. The van der Waals surface area contributed by atoms with E-state index in [4.69, 9.17) is 4.74 Å². The summed E-state index contributed by atoms with van der Waals surface area (Å²) in [7, 11) is 1.31. The number of halogens is 1. The van der Waals surface area contributed by atoms with Crippen molar-refractivity contribution >= 4 is 38.7 Å². The molecule has 2 aromatic carbocycles. The number of fused-ring (bicyclic) bond motifs is 1. The van der Waals surface area contributed by atoms with Gasteiger partial charge in [0.05, 0.1) is 11.6 Å². The van der Waals surface area contributed by atoms with Gasteiger partial charge in [0.15, 0.2) is 0 Å². The number of nitrogens with zero attached hydrogens (tertiary/aromatic N) is 1. The van der Waals surface area contributed by atoms with Gasteiger partial charge in [-0.3, -0.25) is 9.59 Å². The van der Waals surface area contributed by atoms with E-state index in [9.17, 15) is 9.59 Å². The molecule has 1 amide bonds. The first kappa shape index (κ1) is 17.2. The second-order valence-electron chi connectivity index (χ2n) is 5.58. The number of methoxy groups -OCH3 is 1. The van der Waals surface area contributed by atoms with Gasteiger partial charge >= 0.3 is 5.97 Å². The lowest BCUT2D eigenvalue weighted by atomic mass is 10.2. The Bertz CT molecular complexity index is 905. The van der Waals surface area contributed by atoms with Gasteiger partial charge in [-0.25, -0.2) is 0 Å². The molecule has 25 heavy (non-hydrogen) atoms. The van der Waals surface area contributed by atoms with Gasteiger partial charge in [-0.15, -0.1) is 0 Å². The molecule has 1 N–H and O–H groups in total. The van der Waals surface area contributed by atoms with Crippen LogP contribution in [-0.4, -0.2) is 35.4 Å². The molecule has 1 aromatic heterocycles. The third-order valence-electron chi connectivity index (χ3n) is 3.91. The highest BCUT2D eigenvalue weighted by Crippen LogP contribution is 2.28. The van der Waals surface area contributed by atoms with Crippen molar-refractivity contribution in [2.75, 3.05) is 13.7 Å². The van der Waals surface area contributed by atoms with Gasteiger partial charge in [0.1, 0.15) is 12.2 Å². The normalized spacial score (nSPS) is 10.6. The van der Waals surface area contributed by atoms with Crippen LogP contribution in [0, 0.1) is 0 Å².